The second-order valence-electron chi connectivity index (χ2n) is 4.79. The van der Waals surface area contributed by atoms with Gasteiger partial charge in [-0.15, -0.1) is 13.2 Å². The lowest BCUT2D eigenvalue weighted by molar-refractivity contribution is -0.274. The van der Waals surface area contributed by atoms with E-state index in [1.165, 1.54) is 12.1 Å². The van der Waals surface area contributed by atoms with Gasteiger partial charge in [-0.2, -0.15) is 0 Å². The first-order valence-corrected chi connectivity index (χ1v) is 6.70. The average Bonchev–Trinajstić information content (AvgIpc) is 2.25. The maximum Gasteiger partial charge on any atom is 0.573 e. The third kappa shape index (κ3) is 9.31. The molecule has 0 aliphatic carbocycles. The van der Waals surface area contributed by atoms with E-state index in [0.717, 1.165) is 6.07 Å². The molecule has 7 heteroatoms. The van der Waals surface area contributed by atoms with Gasteiger partial charge in [-0.25, -0.2) is 0 Å². The zero-order valence-electron chi connectivity index (χ0n) is 12.3. The number of benzene rings is 1. The fourth-order valence-corrected chi connectivity index (χ4v) is 1.72. The van der Waals surface area contributed by atoms with Crippen molar-refractivity contribution in [3.05, 3.63) is 28.8 Å². The van der Waals surface area contributed by atoms with Gasteiger partial charge in [0.05, 0.1) is 10.6 Å². The number of carbonyl (C=O) groups is 1. The van der Waals surface area contributed by atoms with Crippen molar-refractivity contribution in [3.63, 3.8) is 0 Å². The van der Waals surface area contributed by atoms with Crippen LogP contribution in [0.25, 0.3) is 0 Å². The van der Waals surface area contributed by atoms with Crippen molar-refractivity contribution in [1.29, 1.82) is 0 Å². The van der Waals surface area contributed by atoms with Crippen LogP contribution in [0.15, 0.2) is 18.2 Å². The van der Waals surface area contributed by atoms with Crippen LogP contribution in [0.5, 0.6) is 5.75 Å². The summed E-state index contributed by atoms with van der Waals surface area (Å²) < 4.78 is 39.0. The Bertz CT molecular complexity index is 442. The first-order chi connectivity index (χ1) is 9.56. The molecule has 0 unspecified atom stereocenters. The zero-order valence-corrected chi connectivity index (χ0v) is 13.0. The molecule has 3 nitrogen and oxygen atoms in total. The van der Waals surface area contributed by atoms with Crippen LogP contribution in [0.2, 0.25) is 5.02 Å². The molecule has 1 aromatic rings. The van der Waals surface area contributed by atoms with E-state index >= 15 is 0 Å². The second kappa shape index (κ2) is 8.89. The molecule has 21 heavy (non-hydrogen) atoms. The normalized spacial score (nSPS) is 11.1. The maximum absolute atomic E-state index is 11.8. The first kappa shape index (κ1) is 19.7. The summed E-state index contributed by atoms with van der Waals surface area (Å²) in [6, 6.07) is 4.83. The van der Waals surface area contributed by atoms with Crippen molar-refractivity contribution in [2.24, 2.45) is 0 Å². The van der Waals surface area contributed by atoms with Gasteiger partial charge >= 0.3 is 6.36 Å². The highest BCUT2D eigenvalue weighted by molar-refractivity contribution is 6.33. The van der Waals surface area contributed by atoms with Crippen LogP contribution < -0.4 is 10.1 Å². The summed E-state index contributed by atoms with van der Waals surface area (Å²) in [5.41, 5.74) is -0.313. The highest BCUT2D eigenvalue weighted by atomic mass is 35.5. The van der Waals surface area contributed by atoms with E-state index in [4.69, 9.17) is 11.6 Å². The second-order valence-corrected chi connectivity index (χ2v) is 5.20. The fourth-order valence-electron chi connectivity index (χ4n) is 1.51. The Kier molecular flexibility index (Phi) is 8.36. The van der Waals surface area contributed by atoms with Crippen molar-refractivity contribution in [2.45, 2.75) is 46.1 Å². The van der Waals surface area contributed by atoms with Crippen LogP contribution in [0.4, 0.5) is 13.2 Å². The Morgan fingerprint density at radius 2 is 1.71 bits per heavy atom. The Balaban J connectivity index is 0.000000486. The van der Waals surface area contributed by atoms with Crippen molar-refractivity contribution < 1.29 is 22.7 Å². The maximum atomic E-state index is 11.8. The Labute approximate surface area is 127 Å². The van der Waals surface area contributed by atoms with Crippen molar-refractivity contribution in [2.75, 3.05) is 0 Å². The fraction of sp³-hybridized carbons (Fsp3) is 0.500. The SMILES string of the molecule is CC(C)NC(C)C.O=Cc1c(Cl)cccc1OC(F)(F)F. The zero-order chi connectivity index (χ0) is 16.6. The van der Waals surface area contributed by atoms with Crippen LogP contribution in [0.3, 0.4) is 0 Å². The number of halogens is 4. The minimum absolute atomic E-state index is 0.0817. The Hall–Kier alpha value is -1.27. The molecule has 0 aromatic heterocycles. The number of nitrogens with one attached hydrogen (secondary N) is 1. The van der Waals surface area contributed by atoms with E-state index in [2.05, 4.69) is 37.7 Å². The number of rotatable bonds is 4. The third-order valence-electron chi connectivity index (χ3n) is 2.02. The minimum atomic E-state index is -4.83. The molecule has 1 N–H and O–H groups in total. The molecule has 0 saturated heterocycles. The first-order valence-electron chi connectivity index (χ1n) is 6.32. The molecule has 0 aliphatic rings. The van der Waals surface area contributed by atoms with Gasteiger partial charge in [0.2, 0.25) is 0 Å². The molecule has 0 saturated carbocycles. The average molecular weight is 326 g/mol. The molecule has 0 fully saturated rings. The summed E-state index contributed by atoms with van der Waals surface area (Å²) in [7, 11) is 0. The van der Waals surface area contributed by atoms with Crippen LogP contribution in [0.1, 0.15) is 38.1 Å². The van der Waals surface area contributed by atoms with Gasteiger partial charge in [0, 0.05) is 12.1 Å². The molecule has 0 atom stereocenters. The lowest BCUT2D eigenvalue weighted by Crippen LogP contribution is -2.29. The number of carbonyl (C=O) groups excluding carboxylic acids is 1. The quantitative estimate of drug-likeness (QED) is 0.831. The lowest BCUT2D eigenvalue weighted by Gasteiger charge is -2.10. The van der Waals surface area contributed by atoms with Crippen LogP contribution >= 0.6 is 11.6 Å². The Morgan fingerprint density at radius 3 is 2.05 bits per heavy atom. The van der Waals surface area contributed by atoms with E-state index in [1.807, 2.05) is 0 Å². The van der Waals surface area contributed by atoms with Gasteiger partial charge in [0.25, 0.3) is 0 Å². The summed E-state index contributed by atoms with van der Waals surface area (Å²) >= 11 is 5.48. The van der Waals surface area contributed by atoms with E-state index in [1.54, 1.807) is 0 Å². The number of ether oxygens (including phenoxy) is 1. The molecule has 0 bridgehead atoms. The molecule has 0 amide bonds. The molecule has 0 aliphatic heterocycles. The smallest absolute Gasteiger partial charge is 0.405 e. The predicted molar refractivity (Wildman–Crippen MR) is 76.9 cm³/mol. The van der Waals surface area contributed by atoms with E-state index < -0.39 is 12.1 Å². The lowest BCUT2D eigenvalue weighted by atomic mass is 10.2. The summed E-state index contributed by atoms with van der Waals surface area (Å²) in [6.07, 6.45) is -4.62. The highest BCUT2D eigenvalue weighted by Crippen LogP contribution is 2.29. The van der Waals surface area contributed by atoms with Crippen LogP contribution in [-0.4, -0.2) is 24.7 Å². The number of hydrogen-bond acceptors (Lipinski definition) is 3. The van der Waals surface area contributed by atoms with E-state index in [9.17, 15) is 18.0 Å². The molecule has 1 rings (SSSR count). The van der Waals surface area contributed by atoms with Crippen LogP contribution in [-0.2, 0) is 0 Å². The summed E-state index contributed by atoms with van der Waals surface area (Å²) in [5.74, 6) is -0.597. The van der Waals surface area contributed by atoms with Crippen molar-refractivity contribution in [1.82, 2.24) is 5.32 Å². The summed E-state index contributed by atoms with van der Waals surface area (Å²) in [6.45, 7) is 8.61. The highest BCUT2D eigenvalue weighted by Gasteiger charge is 2.32. The number of hydrogen-bond donors (Lipinski definition) is 1. The Morgan fingerprint density at radius 1 is 1.19 bits per heavy atom. The summed E-state index contributed by atoms with van der Waals surface area (Å²) in [4.78, 5) is 10.4. The molecule has 0 radical (unpaired) electrons. The molecule has 120 valence electrons. The van der Waals surface area contributed by atoms with Gasteiger partial charge in [-0.05, 0) is 12.1 Å². The molecular formula is C14H19ClF3NO2. The van der Waals surface area contributed by atoms with Gasteiger partial charge in [-0.1, -0.05) is 45.4 Å². The van der Waals surface area contributed by atoms with Crippen LogP contribution in [0, 0.1) is 0 Å². The van der Waals surface area contributed by atoms with Gasteiger partial charge in [0.1, 0.15) is 5.75 Å². The molecule has 0 spiro atoms. The van der Waals surface area contributed by atoms with Gasteiger partial charge in [-0.3, -0.25) is 4.79 Å². The topological polar surface area (TPSA) is 38.3 Å². The van der Waals surface area contributed by atoms with Gasteiger partial charge < -0.3 is 10.1 Å². The van der Waals surface area contributed by atoms with E-state index in [-0.39, 0.29) is 16.9 Å². The van der Waals surface area contributed by atoms with Crippen molar-refractivity contribution >= 4 is 17.9 Å². The van der Waals surface area contributed by atoms with Gasteiger partial charge in [0.15, 0.2) is 6.29 Å². The number of aldehydes is 1. The molecule has 1 aromatic carbocycles. The number of alkyl halides is 3. The summed E-state index contributed by atoms with van der Waals surface area (Å²) in [5, 5.41) is 3.22. The minimum Gasteiger partial charge on any atom is -0.405 e. The standard InChI is InChI=1S/C8H4ClF3O2.C6H15N/c9-6-2-1-3-7(5(6)4-13)14-8(10,11)12;1-5(2)7-6(3)4/h1-4H;5-7H,1-4H3. The van der Waals surface area contributed by atoms with Crippen molar-refractivity contribution in [3.8, 4) is 5.75 Å². The molecule has 0 heterocycles. The largest absolute Gasteiger partial charge is 0.573 e. The third-order valence-corrected chi connectivity index (χ3v) is 2.35. The molecular weight excluding hydrogens is 307 g/mol. The predicted octanol–water partition coefficient (Wildman–Crippen LogP) is 4.44. The van der Waals surface area contributed by atoms with E-state index in [0.29, 0.717) is 12.1 Å². The monoisotopic (exact) mass is 325 g/mol.